The third-order valence-corrected chi connectivity index (χ3v) is 4.86. The van der Waals surface area contributed by atoms with Crippen molar-refractivity contribution >= 4 is 17.4 Å². The van der Waals surface area contributed by atoms with Gasteiger partial charge in [-0.15, -0.1) is 0 Å². The topological polar surface area (TPSA) is 27.3 Å². The Kier molecular flexibility index (Phi) is 5.91. The number of anilines is 1. The summed E-state index contributed by atoms with van der Waals surface area (Å²) in [6.45, 7) is 3.39. The van der Waals surface area contributed by atoms with Gasteiger partial charge in [0.1, 0.15) is 5.82 Å². The number of nitrogens with zero attached hydrogens (tertiary/aromatic N) is 1. The van der Waals surface area contributed by atoms with E-state index in [2.05, 4.69) is 15.8 Å². The second-order valence-electron chi connectivity index (χ2n) is 5.66. The Labute approximate surface area is 141 Å². The molecule has 23 heavy (non-hydrogen) atoms. The fourth-order valence-electron chi connectivity index (χ4n) is 2.60. The van der Waals surface area contributed by atoms with Crippen LogP contribution in [0.1, 0.15) is 11.1 Å². The first-order valence-electron chi connectivity index (χ1n) is 7.92. The highest BCUT2D eigenvalue weighted by Crippen LogP contribution is 2.16. The summed E-state index contributed by atoms with van der Waals surface area (Å²) in [5.41, 5.74) is 8.94. The van der Waals surface area contributed by atoms with Crippen LogP contribution in [-0.4, -0.2) is 29.5 Å². The number of hydrogen-bond acceptors (Lipinski definition) is 4. The average Bonchev–Trinajstić information content (AvgIpc) is 2.59. The average molecular weight is 331 g/mol. The molecule has 3 rings (SSSR count). The fraction of sp³-hybridized carbons (Fsp3) is 0.333. The van der Waals surface area contributed by atoms with E-state index in [4.69, 9.17) is 0 Å². The molecule has 0 saturated carbocycles. The Morgan fingerprint density at radius 2 is 1.83 bits per heavy atom. The first-order chi connectivity index (χ1) is 11.3. The highest BCUT2D eigenvalue weighted by molar-refractivity contribution is 7.99. The lowest BCUT2D eigenvalue weighted by Crippen LogP contribution is -2.32. The predicted octanol–water partition coefficient (Wildman–Crippen LogP) is 3.49. The van der Waals surface area contributed by atoms with E-state index < -0.39 is 0 Å². The Morgan fingerprint density at radius 3 is 2.57 bits per heavy atom. The van der Waals surface area contributed by atoms with Gasteiger partial charge in [0.05, 0.1) is 0 Å². The van der Waals surface area contributed by atoms with Gasteiger partial charge in [0.15, 0.2) is 0 Å². The molecule has 0 spiro atoms. The van der Waals surface area contributed by atoms with Crippen molar-refractivity contribution < 1.29 is 4.39 Å². The van der Waals surface area contributed by atoms with Crippen LogP contribution in [0.5, 0.6) is 0 Å². The van der Waals surface area contributed by atoms with Crippen LogP contribution in [0.2, 0.25) is 0 Å². The van der Waals surface area contributed by atoms with E-state index in [0.29, 0.717) is 13.1 Å². The maximum Gasteiger partial charge on any atom is 0.128 e. The van der Waals surface area contributed by atoms with Crippen LogP contribution in [0, 0.1) is 5.82 Å². The van der Waals surface area contributed by atoms with Crippen LogP contribution in [0.15, 0.2) is 48.5 Å². The van der Waals surface area contributed by atoms with Crippen LogP contribution in [0.25, 0.3) is 0 Å². The van der Waals surface area contributed by atoms with Gasteiger partial charge in [0.2, 0.25) is 0 Å². The number of rotatable bonds is 6. The van der Waals surface area contributed by atoms with Gasteiger partial charge in [-0.05, 0) is 23.8 Å². The highest BCUT2D eigenvalue weighted by atomic mass is 32.2. The minimum atomic E-state index is -0.109. The van der Waals surface area contributed by atoms with Gasteiger partial charge in [0, 0.05) is 48.9 Å². The van der Waals surface area contributed by atoms with E-state index in [1.54, 1.807) is 6.07 Å². The van der Waals surface area contributed by atoms with E-state index in [0.717, 1.165) is 41.4 Å². The first-order valence-corrected chi connectivity index (χ1v) is 9.08. The van der Waals surface area contributed by atoms with Crippen molar-refractivity contribution in [1.82, 2.24) is 10.3 Å². The van der Waals surface area contributed by atoms with Gasteiger partial charge >= 0.3 is 0 Å². The maximum atomic E-state index is 14.3. The molecule has 1 heterocycles. The smallest absolute Gasteiger partial charge is 0.128 e. The summed E-state index contributed by atoms with van der Waals surface area (Å²) < 4.78 is 14.3. The zero-order valence-electron chi connectivity index (χ0n) is 13.1. The molecule has 1 saturated heterocycles. The van der Waals surface area contributed by atoms with Crippen molar-refractivity contribution in [2.45, 2.75) is 13.1 Å². The van der Waals surface area contributed by atoms with Gasteiger partial charge in [-0.3, -0.25) is 4.90 Å². The standard InChI is InChI=1S/C18H22FN3S/c19-18-12-15(13-20-21-17-4-2-1-3-5-17)6-7-16(18)14-22-8-10-23-11-9-22/h1-7,12,20-21H,8-11,13-14H2. The molecule has 0 unspecified atom stereocenters. The van der Waals surface area contributed by atoms with Crippen molar-refractivity contribution in [3.05, 3.63) is 65.5 Å². The molecule has 5 heteroatoms. The molecular formula is C18H22FN3S. The third kappa shape index (κ3) is 4.96. The third-order valence-electron chi connectivity index (χ3n) is 3.91. The summed E-state index contributed by atoms with van der Waals surface area (Å²) in [5.74, 6) is 2.19. The van der Waals surface area contributed by atoms with Gasteiger partial charge in [-0.1, -0.05) is 30.3 Å². The fourth-order valence-corrected chi connectivity index (χ4v) is 3.58. The van der Waals surface area contributed by atoms with Crippen LogP contribution < -0.4 is 10.9 Å². The van der Waals surface area contributed by atoms with Crippen molar-refractivity contribution in [2.24, 2.45) is 0 Å². The van der Waals surface area contributed by atoms with Crippen molar-refractivity contribution in [3.8, 4) is 0 Å². The molecule has 2 aromatic rings. The number of hydrogen-bond donors (Lipinski definition) is 2. The molecule has 0 aromatic heterocycles. The van der Waals surface area contributed by atoms with Gasteiger partial charge in [-0.2, -0.15) is 11.8 Å². The van der Waals surface area contributed by atoms with E-state index in [1.165, 1.54) is 0 Å². The van der Waals surface area contributed by atoms with Crippen molar-refractivity contribution in [3.63, 3.8) is 0 Å². The molecule has 0 amide bonds. The molecule has 1 aliphatic heterocycles. The Bertz CT molecular complexity index is 615. The van der Waals surface area contributed by atoms with E-state index in [1.807, 2.05) is 54.2 Å². The molecule has 122 valence electrons. The lowest BCUT2D eigenvalue weighted by atomic mass is 10.1. The number of para-hydroxylation sites is 1. The van der Waals surface area contributed by atoms with Gasteiger partial charge in [-0.25, -0.2) is 9.82 Å². The normalized spacial score (nSPS) is 15.5. The molecular weight excluding hydrogens is 309 g/mol. The van der Waals surface area contributed by atoms with Crippen molar-refractivity contribution in [1.29, 1.82) is 0 Å². The van der Waals surface area contributed by atoms with Gasteiger partial charge in [0.25, 0.3) is 0 Å². The van der Waals surface area contributed by atoms with E-state index in [-0.39, 0.29) is 5.82 Å². The summed E-state index contributed by atoms with van der Waals surface area (Å²) in [6.07, 6.45) is 0. The highest BCUT2D eigenvalue weighted by Gasteiger charge is 2.13. The lowest BCUT2D eigenvalue weighted by molar-refractivity contribution is 0.290. The summed E-state index contributed by atoms with van der Waals surface area (Å²) in [7, 11) is 0. The maximum absolute atomic E-state index is 14.3. The minimum absolute atomic E-state index is 0.109. The van der Waals surface area contributed by atoms with Crippen molar-refractivity contribution in [2.75, 3.05) is 30.0 Å². The molecule has 1 aliphatic rings. The lowest BCUT2D eigenvalue weighted by Gasteiger charge is -2.26. The van der Waals surface area contributed by atoms with Crippen LogP contribution in [0.3, 0.4) is 0 Å². The quantitative estimate of drug-likeness (QED) is 0.793. The number of hydrazine groups is 1. The molecule has 0 radical (unpaired) electrons. The molecule has 2 aromatic carbocycles. The van der Waals surface area contributed by atoms with Crippen LogP contribution in [-0.2, 0) is 13.1 Å². The molecule has 3 nitrogen and oxygen atoms in total. The molecule has 0 aliphatic carbocycles. The summed E-state index contributed by atoms with van der Waals surface area (Å²) >= 11 is 1.97. The number of nitrogens with one attached hydrogen (secondary N) is 2. The number of benzene rings is 2. The zero-order chi connectivity index (χ0) is 15.9. The van der Waals surface area contributed by atoms with Crippen LogP contribution >= 0.6 is 11.8 Å². The molecule has 1 fully saturated rings. The zero-order valence-corrected chi connectivity index (χ0v) is 13.9. The summed E-state index contributed by atoms with van der Waals surface area (Å²) in [4.78, 5) is 2.32. The Balaban J connectivity index is 1.52. The monoisotopic (exact) mass is 331 g/mol. The number of thioether (sulfide) groups is 1. The molecule has 0 bridgehead atoms. The predicted molar refractivity (Wildman–Crippen MR) is 95.9 cm³/mol. The SMILES string of the molecule is Fc1cc(CNNc2ccccc2)ccc1CN1CCSCC1. The summed E-state index contributed by atoms with van der Waals surface area (Å²) in [5, 5.41) is 0. The number of halogens is 1. The summed E-state index contributed by atoms with van der Waals surface area (Å²) in [6, 6.07) is 15.4. The second kappa shape index (κ2) is 8.34. The largest absolute Gasteiger partial charge is 0.321 e. The minimum Gasteiger partial charge on any atom is -0.321 e. The van der Waals surface area contributed by atoms with E-state index in [9.17, 15) is 4.39 Å². The second-order valence-corrected chi connectivity index (χ2v) is 6.88. The molecule has 0 atom stereocenters. The van der Waals surface area contributed by atoms with E-state index >= 15 is 0 Å². The molecule has 2 N–H and O–H groups in total. The van der Waals surface area contributed by atoms with Gasteiger partial charge < -0.3 is 5.43 Å². The first kappa shape index (κ1) is 16.3. The Hall–Kier alpha value is -1.56. The van der Waals surface area contributed by atoms with Crippen LogP contribution in [0.4, 0.5) is 10.1 Å². The Morgan fingerprint density at radius 1 is 1.04 bits per heavy atom.